The minimum atomic E-state index is 0.448. The second-order valence-electron chi connectivity index (χ2n) is 4.69. The second kappa shape index (κ2) is 9.09. The molecule has 3 heteroatoms. The normalized spacial score (nSPS) is 12.9. The first kappa shape index (κ1) is 15.2. The summed E-state index contributed by atoms with van der Waals surface area (Å²) in [5.41, 5.74) is 8.05. The van der Waals surface area contributed by atoms with Crippen molar-refractivity contribution >= 4 is 0 Å². The van der Waals surface area contributed by atoms with E-state index < -0.39 is 0 Å². The molecule has 0 bridgehead atoms. The first-order valence-corrected chi connectivity index (χ1v) is 7.00. The molecule has 0 saturated carbocycles. The monoisotopic (exact) mass is 249 g/mol. The Bertz CT molecular complexity index is 296. The van der Waals surface area contributed by atoms with Crippen molar-refractivity contribution in [2.75, 3.05) is 26.2 Å². The number of benzene rings is 1. The summed E-state index contributed by atoms with van der Waals surface area (Å²) in [4.78, 5) is 2.41. The number of hydrogen-bond acceptors (Lipinski definition) is 3. The fourth-order valence-electron chi connectivity index (χ4n) is 2.02. The Morgan fingerprint density at radius 1 is 1.11 bits per heavy atom. The maximum Gasteiger partial charge on any atom is 0.0228 e. The Hall–Kier alpha value is -0.900. The molecule has 0 aromatic heterocycles. The topological polar surface area (TPSA) is 27.3 Å². The molecule has 1 aromatic rings. The molecule has 0 aliphatic rings. The highest BCUT2D eigenvalue weighted by atomic mass is 15.4. The SMILES string of the molecule is CCN(CC)CCNN[C@H](C)Cc1ccccc1. The highest BCUT2D eigenvalue weighted by Crippen LogP contribution is 2.01. The zero-order valence-electron chi connectivity index (χ0n) is 11.9. The summed E-state index contributed by atoms with van der Waals surface area (Å²) in [7, 11) is 0. The van der Waals surface area contributed by atoms with Gasteiger partial charge in [0, 0.05) is 19.1 Å². The van der Waals surface area contributed by atoms with Crippen LogP contribution < -0.4 is 10.9 Å². The molecule has 2 N–H and O–H groups in total. The van der Waals surface area contributed by atoms with E-state index in [0.29, 0.717) is 6.04 Å². The van der Waals surface area contributed by atoms with Gasteiger partial charge in [0.25, 0.3) is 0 Å². The van der Waals surface area contributed by atoms with E-state index >= 15 is 0 Å². The van der Waals surface area contributed by atoms with Crippen LogP contribution in [0.2, 0.25) is 0 Å². The number of nitrogens with zero attached hydrogens (tertiary/aromatic N) is 1. The lowest BCUT2D eigenvalue weighted by molar-refractivity contribution is 0.290. The Morgan fingerprint density at radius 3 is 2.39 bits per heavy atom. The van der Waals surface area contributed by atoms with Crippen LogP contribution in [0, 0.1) is 0 Å². The Labute approximate surface area is 112 Å². The summed E-state index contributed by atoms with van der Waals surface area (Å²) in [5, 5.41) is 0. The van der Waals surface area contributed by atoms with Gasteiger partial charge >= 0.3 is 0 Å². The number of rotatable bonds is 9. The van der Waals surface area contributed by atoms with Crippen LogP contribution in [0.25, 0.3) is 0 Å². The van der Waals surface area contributed by atoms with Gasteiger partial charge in [-0.1, -0.05) is 44.2 Å². The van der Waals surface area contributed by atoms with Crippen molar-refractivity contribution < 1.29 is 0 Å². The summed E-state index contributed by atoms with van der Waals surface area (Å²) >= 11 is 0. The van der Waals surface area contributed by atoms with Gasteiger partial charge in [0.1, 0.15) is 0 Å². The number of likely N-dealkylation sites (N-methyl/N-ethyl adjacent to an activating group) is 1. The van der Waals surface area contributed by atoms with Gasteiger partial charge in [-0.2, -0.15) is 0 Å². The molecule has 0 unspecified atom stereocenters. The number of nitrogens with one attached hydrogen (secondary N) is 2. The molecular formula is C15H27N3. The Kier molecular flexibility index (Phi) is 7.65. The van der Waals surface area contributed by atoms with Crippen LogP contribution in [0.5, 0.6) is 0 Å². The van der Waals surface area contributed by atoms with Crippen molar-refractivity contribution in [1.82, 2.24) is 15.8 Å². The van der Waals surface area contributed by atoms with Crippen molar-refractivity contribution in [1.29, 1.82) is 0 Å². The number of hydrogen-bond donors (Lipinski definition) is 2. The van der Waals surface area contributed by atoms with Gasteiger partial charge in [0.2, 0.25) is 0 Å². The van der Waals surface area contributed by atoms with Crippen molar-refractivity contribution in [3.05, 3.63) is 35.9 Å². The van der Waals surface area contributed by atoms with E-state index in [1.807, 2.05) is 0 Å². The molecule has 1 aromatic carbocycles. The summed E-state index contributed by atoms with van der Waals surface area (Å²) in [6.07, 6.45) is 1.05. The third-order valence-corrected chi connectivity index (χ3v) is 3.18. The smallest absolute Gasteiger partial charge is 0.0228 e. The van der Waals surface area contributed by atoms with Crippen LogP contribution in [0.4, 0.5) is 0 Å². The van der Waals surface area contributed by atoms with Crippen LogP contribution in [0.1, 0.15) is 26.3 Å². The van der Waals surface area contributed by atoms with E-state index in [0.717, 1.165) is 32.6 Å². The van der Waals surface area contributed by atoms with Crippen LogP contribution in [-0.2, 0) is 6.42 Å². The molecule has 0 amide bonds. The molecule has 102 valence electrons. The van der Waals surface area contributed by atoms with Gasteiger partial charge in [-0.05, 0) is 32.0 Å². The predicted octanol–water partition coefficient (Wildman–Crippen LogP) is 2.05. The van der Waals surface area contributed by atoms with E-state index in [4.69, 9.17) is 0 Å². The van der Waals surface area contributed by atoms with E-state index in [-0.39, 0.29) is 0 Å². The minimum Gasteiger partial charge on any atom is -0.303 e. The highest BCUT2D eigenvalue weighted by Gasteiger charge is 2.02. The molecule has 0 fully saturated rings. The zero-order chi connectivity index (χ0) is 13.2. The van der Waals surface area contributed by atoms with Crippen molar-refractivity contribution in [2.45, 2.75) is 33.2 Å². The molecule has 0 aliphatic carbocycles. The summed E-state index contributed by atoms with van der Waals surface area (Å²) in [5.74, 6) is 0. The zero-order valence-corrected chi connectivity index (χ0v) is 11.9. The molecular weight excluding hydrogens is 222 g/mol. The Balaban J connectivity index is 2.12. The predicted molar refractivity (Wildman–Crippen MR) is 78.5 cm³/mol. The quantitative estimate of drug-likeness (QED) is 0.518. The third-order valence-electron chi connectivity index (χ3n) is 3.18. The molecule has 0 saturated heterocycles. The largest absolute Gasteiger partial charge is 0.303 e. The van der Waals surface area contributed by atoms with Crippen LogP contribution in [0.15, 0.2) is 30.3 Å². The lowest BCUT2D eigenvalue weighted by Crippen LogP contribution is -2.44. The first-order valence-electron chi connectivity index (χ1n) is 7.00. The fourth-order valence-corrected chi connectivity index (χ4v) is 2.02. The molecule has 0 heterocycles. The van der Waals surface area contributed by atoms with Crippen LogP contribution >= 0.6 is 0 Å². The summed E-state index contributed by atoms with van der Waals surface area (Å²) in [6.45, 7) is 10.9. The standard InChI is InChI=1S/C15H27N3/c1-4-18(5-2)12-11-16-17-14(3)13-15-9-7-6-8-10-15/h6-10,14,16-17H,4-5,11-13H2,1-3H3/t14-/m1/s1. The van der Waals surface area contributed by atoms with Gasteiger partial charge in [0.05, 0.1) is 0 Å². The molecule has 0 aliphatic heterocycles. The van der Waals surface area contributed by atoms with Crippen molar-refractivity contribution in [2.24, 2.45) is 0 Å². The van der Waals surface area contributed by atoms with E-state index in [2.05, 4.69) is 66.9 Å². The van der Waals surface area contributed by atoms with Gasteiger partial charge < -0.3 is 4.90 Å². The van der Waals surface area contributed by atoms with E-state index in [1.54, 1.807) is 0 Å². The average Bonchev–Trinajstić information content (AvgIpc) is 2.40. The third kappa shape index (κ3) is 6.15. The van der Waals surface area contributed by atoms with Crippen LogP contribution in [0.3, 0.4) is 0 Å². The Morgan fingerprint density at radius 2 is 1.78 bits per heavy atom. The van der Waals surface area contributed by atoms with Crippen molar-refractivity contribution in [3.63, 3.8) is 0 Å². The second-order valence-corrected chi connectivity index (χ2v) is 4.69. The minimum absolute atomic E-state index is 0.448. The van der Waals surface area contributed by atoms with Crippen LogP contribution in [-0.4, -0.2) is 37.1 Å². The summed E-state index contributed by atoms with van der Waals surface area (Å²) in [6, 6.07) is 11.0. The maximum atomic E-state index is 3.36. The lowest BCUT2D eigenvalue weighted by atomic mass is 10.1. The van der Waals surface area contributed by atoms with E-state index in [1.165, 1.54) is 5.56 Å². The van der Waals surface area contributed by atoms with E-state index in [9.17, 15) is 0 Å². The fraction of sp³-hybridized carbons (Fsp3) is 0.600. The van der Waals surface area contributed by atoms with Crippen molar-refractivity contribution in [3.8, 4) is 0 Å². The van der Waals surface area contributed by atoms with Gasteiger partial charge in [-0.15, -0.1) is 0 Å². The molecule has 0 radical (unpaired) electrons. The van der Waals surface area contributed by atoms with Gasteiger partial charge in [-0.25, -0.2) is 0 Å². The highest BCUT2D eigenvalue weighted by molar-refractivity contribution is 5.15. The molecule has 1 rings (SSSR count). The molecule has 18 heavy (non-hydrogen) atoms. The molecule has 3 nitrogen and oxygen atoms in total. The maximum absolute atomic E-state index is 3.36. The molecule has 1 atom stereocenters. The van der Waals surface area contributed by atoms with Gasteiger partial charge in [-0.3, -0.25) is 10.9 Å². The molecule has 0 spiro atoms. The number of hydrazine groups is 1. The summed E-state index contributed by atoms with van der Waals surface area (Å²) < 4.78 is 0. The first-order chi connectivity index (χ1) is 8.76. The average molecular weight is 249 g/mol. The lowest BCUT2D eigenvalue weighted by Gasteiger charge is -2.20. The van der Waals surface area contributed by atoms with Gasteiger partial charge in [0.15, 0.2) is 0 Å².